The third-order valence-corrected chi connectivity index (χ3v) is 4.00. The highest BCUT2D eigenvalue weighted by Crippen LogP contribution is 2.36. The van der Waals surface area contributed by atoms with E-state index in [1.807, 2.05) is 0 Å². The molecule has 18 heavy (non-hydrogen) atoms. The van der Waals surface area contributed by atoms with E-state index in [2.05, 4.69) is 10.3 Å². The summed E-state index contributed by atoms with van der Waals surface area (Å²) in [7, 11) is 0. The minimum atomic E-state index is 0.0232. The number of hydrogen-bond donors (Lipinski definition) is 1. The fraction of sp³-hybridized carbons (Fsp3) is 0.615. The molecule has 0 saturated carbocycles. The molecule has 3 heterocycles. The molecule has 1 unspecified atom stereocenters. The molecule has 1 spiro atoms. The van der Waals surface area contributed by atoms with E-state index in [0.29, 0.717) is 17.4 Å². The lowest BCUT2D eigenvalue weighted by Gasteiger charge is -2.32. The van der Waals surface area contributed by atoms with Crippen molar-refractivity contribution in [1.82, 2.24) is 10.3 Å². The Morgan fingerprint density at radius 2 is 2.28 bits per heavy atom. The van der Waals surface area contributed by atoms with E-state index in [9.17, 15) is 0 Å². The average molecular weight is 269 g/mol. The van der Waals surface area contributed by atoms with Crippen molar-refractivity contribution >= 4 is 11.6 Å². The molecule has 0 amide bonds. The minimum absolute atomic E-state index is 0.0232. The highest BCUT2D eigenvalue weighted by atomic mass is 35.5. The zero-order valence-electron chi connectivity index (χ0n) is 10.2. The van der Waals surface area contributed by atoms with Crippen LogP contribution in [0.1, 0.15) is 19.3 Å². The fourth-order valence-electron chi connectivity index (χ4n) is 2.75. The van der Waals surface area contributed by atoms with Crippen LogP contribution in [-0.2, 0) is 4.74 Å². The maximum atomic E-state index is 6.04. The first-order valence-electron chi connectivity index (χ1n) is 6.38. The summed E-state index contributed by atoms with van der Waals surface area (Å²) < 4.78 is 11.9. The number of piperidine rings is 1. The van der Waals surface area contributed by atoms with Gasteiger partial charge < -0.3 is 14.8 Å². The number of rotatable bonds is 2. The fourth-order valence-corrected chi connectivity index (χ4v) is 2.91. The number of nitrogens with one attached hydrogen (secondary N) is 1. The summed E-state index contributed by atoms with van der Waals surface area (Å²) in [6.07, 6.45) is 6.48. The van der Waals surface area contributed by atoms with Crippen LogP contribution >= 0.6 is 11.6 Å². The summed E-state index contributed by atoms with van der Waals surface area (Å²) in [4.78, 5) is 3.95. The van der Waals surface area contributed by atoms with E-state index >= 15 is 0 Å². The van der Waals surface area contributed by atoms with E-state index in [1.165, 1.54) is 0 Å². The molecule has 1 N–H and O–H groups in total. The van der Waals surface area contributed by atoms with Crippen LogP contribution in [0.15, 0.2) is 18.5 Å². The largest absolute Gasteiger partial charge is 0.486 e. The molecule has 1 aromatic rings. The van der Waals surface area contributed by atoms with Gasteiger partial charge in [0.2, 0.25) is 0 Å². The van der Waals surface area contributed by atoms with E-state index in [0.717, 1.165) is 32.4 Å². The van der Waals surface area contributed by atoms with Gasteiger partial charge in [0.05, 0.1) is 12.2 Å². The SMILES string of the molecule is Clc1cnccc1OC1COC2(CCNCC2)C1. The molecule has 98 valence electrons. The highest BCUT2D eigenvalue weighted by molar-refractivity contribution is 6.31. The molecular weight excluding hydrogens is 252 g/mol. The first kappa shape index (κ1) is 12.2. The lowest BCUT2D eigenvalue weighted by atomic mass is 9.89. The normalized spacial score (nSPS) is 26.4. The smallest absolute Gasteiger partial charge is 0.141 e. The minimum Gasteiger partial charge on any atom is -0.486 e. The monoisotopic (exact) mass is 268 g/mol. The summed E-state index contributed by atoms with van der Waals surface area (Å²) in [5, 5.41) is 3.92. The molecule has 1 aromatic heterocycles. The first-order valence-corrected chi connectivity index (χ1v) is 6.76. The first-order chi connectivity index (χ1) is 8.77. The number of nitrogens with zero attached hydrogens (tertiary/aromatic N) is 1. The van der Waals surface area contributed by atoms with Crippen LogP contribution in [0.3, 0.4) is 0 Å². The number of halogens is 1. The van der Waals surface area contributed by atoms with Gasteiger partial charge in [-0.05, 0) is 25.9 Å². The van der Waals surface area contributed by atoms with Crippen molar-refractivity contribution in [2.24, 2.45) is 0 Å². The van der Waals surface area contributed by atoms with Crippen LogP contribution in [0.25, 0.3) is 0 Å². The van der Waals surface area contributed by atoms with Crippen LogP contribution in [0.2, 0.25) is 5.02 Å². The van der Waals surface area contributed by atoms with Crippen LogP contribution in [-0.4, -0.2) is 36.4 Å². The summed E-state index contributed by atoms with van der Waals surface area (Å²) >= 11 is 6.04. The summed E-state index contributed by atoms with van der Waals surface area (Å²) in [5.74, 6) is 0.700. The van der Waals surface area contributed by atoms with E-state index < -0.39 is 0 Å². The Hall–Kier alpha value is -0.840. The average Bonchev–Trinajstić information content (AvgIpc) is 2.76. The standard InChI is InChI=1S/C13H17ClN2O2/c14-11-8-16-4-1-12(11)18-10-7-13(17-9-10)2-5-15-6-3-13/h1,4,8,10,15H,2-3,5-7,9H2. The zero-order valence-corrected chi connectivity index (χ0v) is 10.9. The lowest BCUT2D eigenvalue weighted by molar-refractivity contribution is -0.0205. The van der Waals surface area contributed by atoms with Gasteiger partial charge in [-0.25, -0.2) is 0 Å². The summed E-state index contributed by atoms with van der Waals surface area (Å²) in [6, 6.07) is 1.80. The molecule has 0 aromatic carbocycles. The number of aromatic nitrogens is 1. The predicted molar refractivity (Wildman–Crippen MR) is 69.1 cm³/mol. The summed E-state index contributed by atoms with van der Waals surface area (Å²) in [6.45, 7) is 2.71. The Morgan fingerprint density at radius 1 is 1.44 bits per heavy atom. The van der Waals surface area contributed by atoms with Crippen LogP contribution in [0.4, 0.5) is 0 Å². The lowest BCUT2D eigenvalue weighted by Crippen LogP contribution is -2.41. The topological polar surface area (TPSA) is 43.4 Å². The predicted octanol–water partition coefficient (Wildman–Crippen LogP) is 2.02. The van der Waals surface area contributed by atoms with Gasteiger partial charge in [-0.2, -0.15) is 0 Å². The molecule has 2 saturated heterocycles. The van der Waals surface area contributed by atoms with Crippen molar-refractivity contribution in [3.8, 4) is 5.75 Å². The molecule has 1 atom stereocenters. The van der Waals surface area contributed by atoms with Gasteiger partial charge in [-0.3, -0.25) is 4.98 Å². The molecule has 2 aliphatic heterocycles. The van der Waals surface area contributed by atoms with Crippen molar-refractivity contribution in [3.63, 3.8) is 0 Å². The van der Waals surface area contributed by atoms with Crippen molar-refractivity contribution in [1.29, 1.82) is 0 Å². The van der Waals surface area contributed by atoms with Gasteiger partial charge in [-0.15, -0.1) is 0 Å². The van der Waals surface area contributed by atoms with E-state index in [4.69, 9.17) is 21.1 Å². The van der Waals surface area contributed by atoms with Gasteiger partial charge >= 0.3 is 0 Å². The third-order valence-electron chi connectivity index (χ3n) is 3.72. The second-order valence-corrected chi connectivity index (χ2v) is 5.40. The van der Waals surface area contributed by atoms with Gasteiger partial charge in [0.25, 0.3) is 0 Å². The highest BCUT2D eigenvalue weighted by Gasteiger charge is 2.42. The molecule has 0 aliphatic carbocycles. The molecule has 5 heteroatoms. The molecule has 0 radical (unpaired) electrons. The zero-order chi connectivity index (χ0) is 12.4. The Labute approximate surface area is 112 Å². The molecule has 4 nitrogen and oxygen atoms in total. The molecule has 2 fully saturated rings. The molecule has 3 rings (SSSR count). The van der Waals surface area contributed by atoms with Gasteiger partial charge in [-0.1, -0.05) is 11.6 Å². The van der Waals surface area contributed by atoms with Crippen molar-refractivity contribution < 1.29 is 9.47 Å². The van der Waals surface area contributed by atoms with Crippen molar-refractivity contribution in [3.05, 3.63) is 23.5 Å². The summed E-state index contributed by atoms with van der Waals surface area (Å²) in [5.41, 5.74) is 0.0232. The van der Waals surface area contributed by atoms with Crippen molar-refractivity contribution in [2.75, 3.05) is 19.7 Å². The van der Waals surface area contributed by atoms with E-state index in [-0.39, 0.29) is 11.7 Å². The number of pyridine rings is 1. The second kappa shape index (κ2) is 5.03. The molecular formula is C13H17ClN2O2. The third kappa shape index (κ3) is 2.46. The van der Waals surface area contributed by atoms with Crippen LogP contribution < -0.4 is 10.1 Å². The van der Waals surface area contributed by atoms with E-state index in [1.54, 1.807) is 18.5 Å². The quantitative estimate of drug-likeness (QED) is 0.891. The molecule has 2 aliphatic rings. The Balaban J connectivity index is 1.64. The Bertz CT molecular complexity index is 421. The second-order valence-electron chi connectivity index (χ2n) is 4.99. The van der Waals surface area contributed by atoms with Crippen LogP contribution in [0, 0.1) is 0 Å². The van der Waals surface area contributed by atoms with Gasteiger partial charge in [0.15, 0.2) is 0 Å². The Morgan fingerprint density at radius 3 is 3.06 bits per heavy atom. The van der Waals surface area contributed by atoms with Crippen molar-refractivity contribution in [2.45, 2.75) is 31.0 Å². The molecule has 0 bridgehead atoms. The van der Waals surface area contributed by atoms with Gasteiger partial charge in [0, 0.05) is 24.9 Å². The number of ether oxygens (including phenoxy) is 2. The maximum Gasteiger partial charge on any atom is 0.141 e. The van der Waals surface area contributed by atoms with Gasteiger partial charge in [0.1, 0.15) is 16.9 Å². The number of hydrogen-bond acceptors (Lipinski definition) is 4. The maximum absolute atomic E-state index is 6.04. The van der Waals surface area contributed by atoms with Crippen LogP contribution in [0.5, 0.6) is 5.75 Å². The Kier molecular flexibility index (Phi) is 3.41.